The molecule has 0 radical (unpaired) electrons. The number of anilines is 2. The van der Waals surface area contributed by atoms with Crippen LogP contribution in [0.3, 0.4) is 0 Å². The number of nitrogens with one attached hydrogen (secondary N) is 1. The molecule has 0 fully saturated rings. The largest absolute Gasteiger partial charge is 0.399 e. The van der Waals surface area contributed by atoms with Crippen molar-refractivity contribution in [1.29, 1.82) is 0 Å². The molecule has 0 heterocycles. The maximum absolute atomic E-state index is 5.44. The summed E-state index contributed by atoms with van der Waals surface area (Å²) in [4.78, 5) is 0. The van der Waals surface area contributed by atoms with Crippen molar-refractivity contribution in [3.8, 4) is 0 Å². The second kappa shape index (κ2) is 3.98. The highest BCUT2D eigenvalue weighted by Gasteiger charge is 1.85. The topological polar surface area (TPSA) is 64.1 Å². The maximum Gasteiger partial charge on any atom is 0.0505 e. The molecule has 0 amide bonds. The van der Waals surface area contributed by atoms with Crippen LogP contribution in [0.25, 0.3) is 0 Å². The number of nitrogen functional groups attached to an aromatic ring is 2. The Morgan fingerprint density at radius 2 is 2.00 bits per heavy atom. The molecule has 0 aliphatic rings. The van der Waals surface area contributed by atoms with Gasteiger partial charge in [0.2, 0.25) is 0 Å². The number of rotatable bonds is 1. The van der Waals surface area contributed by atoms with E-state index in [-0.39, 0.29) is 12.4 Å². The van der Waals surface area contributed by atoms with Crippen LogP contribution in [0.15, 0.2) is 24.3 Å². The highest BCUT2D eigenvalue weighted by molar-refractivity contribution is 5.85. The zero-order valence-corrected chi connectivity index (χ0v) is 6.19. The van der Waals surface area contributed by atoms with Crippen LogP contribution >= 0.6 is 12.4 Å². The molecule has 1 aromatic rings. The SMILES string of the molecule is Cl.NNc1cccc(N)c1. The van der Waals surface area contributed by atoms with Crippen molar-refractivity contribution in [2.24, 2.45) is 5.84 Å². The van der Waals surface area contributed by atoms with Crippen LogP contribution in [0.2, 0.25) is 0 Å². The Bertz CT molecular complexity index is 202. The molecule has 0 unspecified atom stereocenters. The lowest BCUT2D eigenvalue weighted by Gasteiger charge is -1.98. The van der Waals surface area contributed by atoms with Gasteiger partial charge in [0, 0.05) is 5.69 Å². The minimum Gasteiger partial charge on any atom is -0.399 e. The number of hydrazine groups is 1. The third-order valence-electron chi connectivity index (χ3n) is 1.05. The molecule has 10 heavy (non-hydrogen) atoms. The Balaban J connectivity index is 0.000000810. The van der Waals surface area contributed by atoms with Gasteiger partial charge < -0.3 is 11.2 Å². The first-order chi connectivity index (χ1) is 4.33. The van der Waals surface area contributed by atoms with Gasteiger partial charge in [0.15, 0.2) is 0 Å². The monoisotopic (exact) mass is 159 g/mol. The van der Waals surface area contributed by atoms with E-state index in [2.05, 4.69) is 5.43 Å². The third-order valence-corrected chi connectivity index (χ3v) is 1.05. The smallest absolute Gasteiger partial charge is 0.0505 e. The summed E-state index contributed by atoms with van der Waals surface area (Å²) in [5.41, 5.74) is 9.47. The van der Waals surface area contributed by atoms with E-state index in [0.717, 1.165) is 5.69 Å². The second-order valence-corrected chi connectivity index (χ2v) is 1.77. The molecule has 4 heteroatoms. The van der Waals surface area contributed by atoms with Crippen molar-refractivity contribution in [1.82, 2.24) is 0 Å². The predicted molar refractivity (Wildman–Crippen MR) is 45.9 cm³/mol. The van der Waals surface area contributed by atoms with E-state index in [9.17, 15) is 0 Å². The van der Waals surface area contributed by atoms with Crippen molar-refractivity contribution < 1.29 is 0 Å². The average molecular weight is 160 g/mol. The molecule has 56 valence electrons. The molecule has 0 atom stereocenters. The Labute approximate surface area is 65.8 Å². The summed E-state index contributed by atoms with van der Waals surface area (Å²) in [7, 11) is 0. The van der Waals surface area contributed by atoms with Crippen molar-refractivity contribution in [3.63, 3.8) is 0 Å². The van der Waals surface area contributed by atoms with Crippen molar-refractivity contribution in [3.05, 3.63) is 24.3 Å². The fourth-order valence-corrected chi connectivity index (χ4v) is 0.628. The van der Waals surface area contributed by atoms with Gasteiger partial charge >= 0.3 is 0 Å². The molecule has 0 aliphatic heterocycles. The zero-order chi connectivity index (χ0) is 6.69. The van der Waals surface area contributed by atoms with Gasteiger partial charge in [0.05, 0.1) is 5.69 Å². The van der Waals surface area contributed by atoms with E-state index in [4.69, 9.17) is 11.6 Å². The Morgan fingerprint density at radius 1 is 1.30 bits per heavy atom. The number of hydrogen-bond donors (Lipinski definition) is 3. The molecule has 1 aromatic carbocycles. The van der Waals surface area contributed by atoms with Crippen LogP contribution in [0.5, 0.6) is 0 Å². The van der Waals surface area contributed by atoms with E-state index >= 15 is 0 Å². The zero-order valence-electron chi connectivity index (χ0n) is 5.37. The molecule has 0 aliphatic carbocycles. The number of halogens is 1. The fraction of sp³-hybridized carbons (Fsp3) is 0. The number of nitrogens with two attached hydrogens (primary N) is 2. The lowest BCUT2D eigenvalue weighted by Crippen LogP contribution is -2.06. The average Bonchev–Trinajstić information content (AvgIpc) is 1.88. The summed E-state index contributed by atoms with van der Waals surface area (Å²) in [5, 5.41) is 0. The number of hydrogen-bond acceptors (Lipinski definition) is 3. The molecule has 0 spiro atoms. The molecule has 0 aromatic heterocycles. The molecule has 5 N–H and O–H groups in total. The van der Waals surface area contributed by atoms with Crippen LogP contribution in [0.1, 0.15) is 0 Å². The van der Waals surface area contributed by atoms with Crippen LogP contribution in [0.4, 0.5) is 11.4 Å². The predicted octanol–water partition coefficient (Wildman–Crippen LogP) is 0.976. The lowest BCUT2D eigenvalue weighted by molar-refractivity contribution is 1.35. The molecule has 0 saturated heterocycles. The lowest BCUT2D eigenvalue weighted by atomic mass is 10.3. The van der Waals surface area contributed by atoms with E-state index < -0.39 is 0 Å². The summed E-state index contributed by atoms with van der Waals surface area (Å²) in [6.45, 7) is 0. The van der Waals surface area contributed by atoms with Crippen molar-refractivity contribution in [2.75, 3.05) is 11.2 Å². The molecule has 3 nitrogen and oxygen atoms in total. The summed E-state index contributed by atoms with van der Waals surface area (Å²) in [6.07, 6.45) is 0. The van der Waals surface area contributed by atoms with Crippen LogP contribution in [-0.2, 0) is 0 Å². The van der Waals surface area contributed by atoms with E-state index in [1.807, 2.05) is 12.1 Å². The van der Waals surface area contributed by atoms with Crippen molar-refractivity contribution >= 4 is 23.8 Å². The van der Waals surface area contributed by atoms with Crippen LogP contribution in [0, 0.1) is 0 Å². The summed E-state index contributed by atoms with van der Waals surface area (Å²) >= 11 is 0. The molecule has 0 saturated carbocycles. The molecular weight excluding hydrogens is 150 g/mol. The summed E-state index contributed by atoms with van der Waals surface area (Å²) in [6, 6.07) is 7.25. The first-order valence-electron chi connectivity index (χ1n) is 2.65. The molecule has 1 rings (SSSR count). The van der Waals surface area contributed by atoms with Gasteiger partial charge in [-0.25, -0.2) is 0 Å². The minimum atomic E-state index is 0. The third kappa shape index (κ3) is 2.13. The van der Waals surface area contributed by atoms with Gasteiger partial charge in [-0.05, 0) is 18.2 Å². The first-order valence-corrected chi connectivity index (χ1v) is 2.65. The van der Waals surface area contributed by atoms with Gasteiger partial charge in [-0.3, -0.25) is 5.84 Å². The Morgan fingerprint density at radius 3 is 2.40 bits per heavy atom. The van der Waals surface area contributed by atoms with Gasteiger partial charge in [-0.15, -0.1) is 12.4 Å². The maximum atomic E-state index is 5.44. The van der Waals surface area contributed by atoms with Gasteiger partial charge in [-0.2, -0.15) is 0 Å². The molecular formula is C6H10ClN3. The van der Waals surface area contributed by atoms with Crippen molar-refractivity contribution in [2.45, 2.75) is 0 Å². The van der Waals surface area contributed by atoms with E-state index in [1.165, 1.54) is 0 Å². The van der Waals surface area contributed by atoms with E-state index in [0.29, 0.717) is 5.69 Å². The summed E-state index contributed by atoms with van der Waals surface area (Å²) in [5.74, 6) is 5.11. The van der Waals surface area contributed by atoms with Crippen LogP contribution < -0.4 is 17.0 Å². The summed E-state index contributed by atoms with van der Waals surface area (Å²) < 4.78 is 0. The number of benzene rings is 1. The van der Waals surface area contributed by atoms with Gasteiger partial charge in [0.25, 0.3) is 0 Å². The molecule has 0 bridgehead atoms. The van der Waals surface area contributed by atoms with Crippen LogP contribution in [-0.4, -0.2) is 0 Å². The Hall–Kier alpha value is -0.930. The first kappa shape index (κ1) is 9.07. The quantitative estimate of drug-likeness (QED) is 0.325. The van der Waals surface area contributed by atoms with Gasteiger partial charge in [0.1, 0.15) is 0 Å². The highest BCUT2D eigenvalue weighted by atomic mass is 35.5. The highest BCUT2D eigenvalue weighted by Crippen LogP contribution is 2.09. The Kier molecular flexibility index (Phi) is 3.61. The van der Waals surface area contributed by atoms with Gasteiger partial charge in [-0.1, -0.05) is 6.07 Å². The fourth-order valence-electron chi connectivity index (χ4n) is 0.628. The second-order valence-electron chi connectivity index (χ2n) is 1.77. The normalized spacial score (nSPS) is 8.10. The minimum absolute atomic E-state index is 0. The standard InChI is InChI=1S/C6H9N3.ClH/c7-5-2-1-3-6(4-5)9-8;/h1-4,9H,7-8H2;1H. The van der Waals surface area contributed by atoms with E-state index in [1.54, 1.807) is 12.1 Å².